The van der Waals surface area contributed by atoms with Gasteiger partial charge in [0.25, 0.3) is 0 Å². The Kier molecular flexibility index (Phi) is 7.49. The number of amides is 2. The highest BCUT2D eigenvalue weighted by atomic mass is 19.2. The fraction of sp³-hybridized carbons (Fsp3) is 0.261. The zero-order valence-corrected chi connectivity index (χ0v) is 18.2. The van der Waals surface area contributed by atoms with Gasteiger partial charge in [-0.1, -0.05) is 24.3 Å². The molecule has 3 rings (SSSR count). The van der Waals surface area contributed by atoms with Gasteiger partial charge in [0.1, 0.15) is 12.2 Å². The van der Waals surface area contributed by atoms with Crippen molar-refractivity contribution >= 4 is 23.4 Å². The predicted octanol–water partition coefficient (Wildman–Crippen LogP) is 3.57. The number of nitrogens with zero attached hydrogens (tertiary/aromatic N) is 2. The number of rotatable bonds is 6. The Balaban J connectivity index is 2.08. The lowest BCUT2D eigenvalue weighted by Gasteiger charge is -2.30. The molecule has 0 fully saturated rings. The summed E-state index contributed by atoms with van der Waals surface area (Å²) < 4.78 is 51.6. The van der Waals surface area contributed by atoms with Gasteiger partial charge < -0.3 is 14.8 Å². The van der Waals surface area contributed by atoms with Gasteiger partial charge in [-0.2, -0.15) is 0 Å². The van der Waals surface area contributed by atoms with Crippen LogP contribution in [-0.4, -0.2) is 50.1 Å². The SMILES string of the molecule is COCC1=NCN(C(=O)NCc2ccccc2C)C(c2cc(F)c(F)c(F)c2)=C1C(=O)OC. The summed E-state index contributed by atoms with van der Waals surface area (Å²) in [5, 5.41) is 2.71. The van der Waals surface area contributed by atoms with Gasteiger partial charge in [0.05, 0.1) is 25.1 Å². The Morgan fingerprint density at radius 2 is 1.79 bits per heavy atom. The van der Waals surface area contributed by atoms with Crippen LogP contribution in [0.25, 0.3) is 5.70 Å². The third kappa shape index (κ3) is 5.06. The molecule has 0 bridgehead atoms. The van der Waals surface area contributed by atoms with Crippen LogP contribution >= 0.6 is 0 Å². The summed E-state index contributed by atoms with van der Waals surface area (Å²) in [6, 6.07) is 8.12. The lowest BCUT2D eigenvalue weighted by Crippen LogP contribution is -2.43. The van der Waals surface area contributed by atoms with Crippen molar-refractivity contribution in [2.24, 2.45) is 4.99 Å². The number of benzene rings is 2. The Morgan fingerprint density at radius 3 is 2.39 bits per heavy atom. The van der Waals surface area contributed by atoms with E-state index >= 15 is 0 Å². The minimum Gasteiger partial charge on any atom is -0.465 e. The highest BCUT2D eigenvalue weighted by Crippen LogP contribution is 2.30. The minimum absolute atomic E-state index is 0.118. The van der Waals surface area contributed by atoms with E-state index in [0.717, 1.165) is 23.1 Å². The first-order valence-corrected chi connectivity index (χ1v) is 9.88. The van der Waals surface area contributed by atoms with Crippen molar-refractivity contribution in [2.75, 3.05) is 27.5 Å². The molecule has 0 spiro atoms. The second kappa shape index (κ2) is 10.3. The molecule has 1 heterocycles. The van der Waals surface area contributed by atoms with Gasteiger partial charge in [0.15, 0.2) is 17.5 Å². The summed E-state index contributed by atoms with van der Waals surface area (Å²) in [5.41, 5.74) is 1.29. The number of carbonyl (C=O) groups is 2. The summed E-state index contributed by atoms with van der Waals surface area (Å²) >= 11 is 0. The van der Waals surface area contributed by atoms with Crippen LogP contribution in [0.1, 0.15) is 16.7 Å². The van der Waals surface area contributed by atoms with Gasteiger partial charge in [0, 0.05) is 19.2 Å². The summed E-state index contributed by atoms with van der Waals surface area (Å²) in [7, 11) is 2.48. The smallest absolute Gasteiger partial charge is 0.341 e. The van der Waals surface area contributed by atoms with Crippen molar-refractivity contribution in [3.8, 4) is 0 Å². The number of esters is 1. The van der Waals surface area contributed by atoms with E-state index in [9.17, 15) is 22.8 Å². The molecule has 1 aliphatic heterocycles. The van der Waals surface area contributed by atoms with Crippen molar-refractivity contribution in [1.29, 1.82) is 0 Å². The van der Waals surface area contributed by atoms with E-state index in [1.165, 1.54) is 7.11 Å². The Morgan fingerprint density at radius 1 is 1.12 bits per heavy atom. The van der Waals surface area contributed by atoms with Gasteiger partial charge >= 0.3 is 12.0 Å². The van der Waals surface area contributed by atoms with Gasteiger partial charge in [0.2, 0.25) is 0 Å². The van der Waals surface area contributed by atoms with Crippen LogP contribution < -0.4 is 5.32 Å². The minimum atomic E-state index is -1.67. The van der Waals surface area contributed by atoms with Gasteiger partial charge in [-0.05, 0) is 30.2 Å². The molecule has 0 saturated carbocycles. The second-order valence-corrected chi connectivity index (χ2v) is 7.16. The second-order valence-electron chi connectivity index (χ2n) is 7.16. The summed E-state index contributed by atoms with van der Waals surface area (Å²) in [6.45, 7) is 1.64. The van der Waals surface area contributed by atoms with E-state index in [1.54, 1.807) is 0 Å². The maximum atomic E-state index is 14.1. The largest absolute Gasteiger partial charge is 0.465 e. The fourth-order valence-electron chi connectivity index (χ4n) is 3.38. The third-order valence-corrected chi connectivity index (χ3v) is 5.06. The van der Waals surface area contributed by atoms with Crippen LogP contribution in [0, 0.1) is 24.4 Å². The zero-order chi connectivity index (χ0) is 24.1. The number of methoxy groups -OCH3 is 2. The topological polar surface area (TPSA) is 80.2 Å². The molecule has 0 aliphatic carbocycles. The summed E-state index contributed by atoms with van der Waals surface area (Å²) in [5.74, 6) is -5.52. The van der Waals surface area contributed by atoms with Gasteiger partial charge in [-0.25, -0.2) is 22.8 Å². The van der Waals surface area contributed by atoms with Crippen LogP contribution in [0.4, 0.5) is 18.0 Å². The van der Waals surface area contributed by atoms with E-state index in [2.05, 4.69) is 10.3 Å². The van der Waals surface area contributed by atoms with E-state index in [0.29, 0.717) is 12.1 Å². The maximum Gasteiger partial charge on any atom is 0.341 e. The molecule has 0 aromatic heterocycles. The molecule has 7 nitrogen and oxygen atoms in total. The summed E-state index contributed by atoms with van der Waals surface area (Å²) in [6.07, 6.45) is 0. The normalized spacial score (nSPS) is 13.6. The lowest BCUT2D eigenvalue weighted by molar-refractivity contribution is -0.135. The molecule has 10 heteroatoms. The average molecular weight is 461 g/mol. The molecule has 1 N–H and O–H groups in total. The van der Waals surface area contributed by atoms with Gasteiger partial charge in [-0.3, -0.25) is 9.89 Å². The van der Waals surface area contributed by atoms with Crippen LogP contribution in [0.2, 0.25) is 0 Å². The van der Waals surface area contributed by atoms with Crippen LogP contribution in [0.15, 0.2) is 47.0 Å². The maximum absolute atomic E-state index is 14.1. The number of carbonyl (C=O) groups excluding carboxylic acids is 2. The third-order valence-electron chi connectivity index (χ3n) is 5.06. The molecule has 0 radical (unpaired) electrons. The van der Waals surface area contributed by atoms with Crippen molar-refractivity contribution in [1.82, 2.24) is 10.2 Å². The van der Waals surface area contributed by atoms with Crippen molar-refractivity contribution < 1.29 is 32.2 Å². The molecule has 33 heavy (non-hydrogen) atoms. The van der Waals surface area contributed by atoms with E-state index < -0.39 is 29.5 Å². The fourth-order valence-corrected chi connectivity index (χ4v) is 3.38. The van der Waals surface area contributed by atoms with Gasteiger partial charge in [-0.15, -0.1) is 0 Å². The molecular weight excluding hydrogens is 439 g/mol. The molecule has 0 unspecified atom stereocenters. The molecule has 0 atom stereocenters. The van der Waals surface area contributed by atoms with E-state index in [4.69, 9.17) is 9.47 Å². The van der Waals surface area contributed by atoms with Crippen LogP contribution in [0.5, 0.6) is 0 Å². The lowest BCUT2D eigenvalue weighted by atomic mass is 9.99. The molecule has 2 amide bonds. The Hall–Kier alpha value is -3.66. The number of halogens is 3. The molecule has 174 valence electrons. The number of aliphatic imine (C=N–C) groups is 1. The highest BCUT2D eigenvalue weighted by molar-refractivity contribution is 6.26. The van der Waals surface area contributed by atoms with Crippen LogP contribution in [-0.2, 0) is 20.8 Å². The molecule has 2 aromatic rings. The van der Waals surface area contributed by atoms with Crippen molar-refractivity contribution in [3.63, 3.8) is 0 Å². The number of hydrogen-bond donors (Lipinski definition) is 1. The Bertz CT molecular complexity index is 1120. The number of nitrogens with one attached hydrogen (secondary N) is 1. The first-order valence-electron chi connectivity index (χ1n) is 9.88. The first kappa shape index (κ1) is 24.0. The van der Waals surface area contributed by atoms with E-state index in [-0.39, 0.29) is 42.4 Å². The van der Waals surface area contributed by atoms with Crippen molar-refractivity contribution in [3.05, 3.63) is 76.1 Å². The van der Waals surface area contributed by atoms with E-state index in [1.807, 2.05) is 31.2 Å². The highest BCUT2D eigenvalue weighted by Gasteiger charge is 2.34. The number of aryl methyl sites for hydroxylation is 1. The molecule has 0 saturated heterocycles. The Labute approximate surface area is 188 Å². The molecular formula is C23H22F3N3O4. The summed E-state index contributed by atoms with van der Waals surface area (Å²) in [4.78, 5) is 31.0. The standard InChI is InChI=1S/C23H22F3N3O4/c1-13-6-4-5-7-14(13)10-27-23(31)29-12-28-18(11-32-2)19(22(30)33-3)21(29)15-8-16(24)20(26)17(25)9-15/h4-9H,10-12H2,1-3H3,(H,27,31). The number of ether oxygens (including phenoxy) is 2. The van der Waals surface area contributed by atoms with Crippen LogP contribution in [0.3, 0.4) is 0 Å². The monoisotopic (exact) mass is 461 g/mol. The molecule has 1 aliphatic rings. The quantitative estimate of drug-likeness (QED) is 0.527. The predicted molar refractivity (Wildman–Crippen MR) is 115 cm³/mol. The average Bonchev–Trinajstić information content (AvgIpc) is 2.80. The first-order chi connectivity index (χ1) is 15.8. The number of hydrogen-bond acceptors (Lipinski definition) is 5. The van der Waals surface area contributed by atoms with Crippen molar-refractivity contribution in [2.45, 2.75) is 13.5 Å². The zero-order valence-electron chi connectivity index (χ0n) is 18.2. The number of urea groups is 1. The molecule has 2 aromatic carbocycles.